The number of aromatic nitrogens is 1. The van der Waals surface area contributed by atoms with Gasteiger partial charge in [-0.2, -0.15) is 0 Å². The number of benzene rings is 1. The minimum Gasteiger partial charge on any atom is -0.477 e. The molecule has 0 atom stereocenters. The number of nitrogens with zero attached hydrogens (tertiary/aromatic N) is 1. The van der Waals surface area contributed by atoms with Crippen LogP contribution < -0.4 is 0 Å². The summed E-state index contributed by atoms with van der Waals surface area (Å²) in [5.74, 6) is -0.896. The van der Waals surface area contributed by atoms with E-state index in [1.54, 1.807) is 13.2 Å². The summed E-state index contributed by atoms with van der Waals surface area (Å²) in [5.41, 5.74) is 3.50. The summed E-state index contributed by atoms with van der Waals surface area (Å²) in [6, 6.07) is 11.6. The lowest BCUT2D eigenvalue weighted by molar-refractivity contribution is 0.0685. The second-order valence-electron chi connectivity index (χ2n) is 4.55. The second-order valence-corrected chi connectivity index (χ2v) is 4.55. The lowest BCUT2D eigenvalue weighted by atomic mass is 10.0. The Kier molecular flexibility index (Phi) is 4.58. The fourth-order valence-electron chi connectivity index (χ4n) is 2.43. The molecule has 0 aliphatic rings. The molecule has 4 heteroatoms. The maximum absolute atomic E-state index is 11.2. The maximum Gasteiger partial charge on any atom is 0.352 e. The topological polar surface area (TPSA) is 51.5 Å². The molecule has 106 valence electrons. The smallest absolute Gasteiger partial charge is 0.352 e. The fourth-order valence-corrected chi connectivity index (χ4v) is 2.43. The van der Waals surface area contributed by atoms with Crippen molar-refractivity contribution in [3.05, 3.63) is 47.7 Å². The van der Waals surface area contributed by atoms with Crippen molar-refractivity contribution in [2.45, 2.75) is 19.9 Å². The molecule has 1 aromatic heterocycles. The van der Waals surface area contributed by atoms with E-state index in [0.717, 1.165) is 17.7 Å². The lowest BCUT2D eigenvalue weighted by Gasteiger charge is -2.13. The molecule has 0 bridgehead atoms. The van der Waals surface area contributed by atoms with Gasteiger partial charge in [0.1, 0.15) is 5.69 Å². The van der Waals surface area contributed by atoms with Crippen LogP contribution >= 0.6 is 0 Å². The third-order valence-electron chi connectivity index (χ3n) is 3.38. The van der Waals surface area contributed by atoms with Gasteiger partial charge in [0.2, 0.25) is 0 Å². The van der Waals surface area contributed by atoms with Crippen molar-refractivity contribution >= 4 is 5.97 Å². The summed E-state index contributed by atoms with van der Waals surface area (Å²) in [5, 5.41) is 9.23. The van der Waals surface area contributed by atoms with Crippen molar-refractivity contribution in [3.63, 3.8) is 0 Å². The van der Waals surface area contributed by atoms with Gasteiger partial charge in [-0.1, -0.05) is 24.3 Å². The molecule has 1 aromatic carbocycles. The number of hydrogen-bond donors (Lipinski definition) is 1. The van der Waals surface area contributed by atoms with Crippen LogP contribution in [0.4, 0.5) is 0 Å². The van der Waals surface area contributed by atoms with Gasteiger partial charge in [-0.25, -0.2) is 4.79 Å². The molecule has 0 amide bonds. The highest BCUT2D eigenvalue weighted by Gasteiger charge is 2.15. The molecule has 1 heterocycles. The van der Waals surface area contributed by atoms with Gasteiger partial charge in [-0.15, -0.1) is 0 Å². The molecular formula is C16H19NO3. The number of ether oxygens (including phenoxy) is 1. The predicted octanol–water partition coefficient (Wildman–Crippen LogP) is 3.06. The van der Waals surface area contributed by atoms with Crippen LogP contribution in [0.25, 0.3) is 11.3 Å². The average molecular weight is 273 g/mol. The van der Waals surface area contributed by atoms with Gasteiger partial charge in [0.15, 0.2) is 0 Å². The quantitative estimate of drug-likeness (QED) is 0.880. The zero-order chi connectivity index (χ0) is 14.5. The number of methoxy groups -OCH3 is 1. The highest BCUT2D eigenvalue weighted by Crippen LogP contribution is 2.26. The number of hydrogen-bond acceptors (Lipinski definition) is 2. The summed E-state index contributed by atoms with van der Waals surface area (Å²) in [7, 11) is 1.68. The Morgan fingerprint density at radius 1 is 1.25 bits per heavy atom. The zero-order valence-corrected chi connectivity index (χ0v) is 11.8. The largest absolute Gasteiger partial charge is 0.477 e. The SMILES string of the molecule is CCn1c(C(=O)O)ccc1-c1ccccc1CCOC. The van der Waals surface area contributed by atoms with Crippen LogP contribution in [0.3, 0.4) is 0 Å². The lowest BCUT2D eigenvalue weighted by Crippen LogP contribution is -2.09. The first-order valence-corrected chi connectivity index (χ1v) is 6.69. The van der Waals surface area contributed by atoms with Crippen LogP contribution in [0, 0.1) is 0 Å². The zero-order valence-electron chi connectivity index (χ0n) is 11.8. The van der Waals surface area contributed by atoms with E-state index in [1.807, 2.05) is 35.8 Å². The third kappa shape index (κ3) is 2.75. The van der Waals surface area contributed by atoms with Crippen LogP contribution in [0.1, 0.15) is 23.0 Å². The van der Waals surface area contributed by atoms with E-state index in [-0.39, 0.29) is 0 Å². The first-order chi connectivity index (χ1) is 9.69. The van der Waals surface area contributed by atoms with E-state index in [2.05, 4.69) is 6.07 Å². The van der Waals surface area contributed by atoms with Crippen LogP contribution in [0.2, 0.25) is 0 Å². The van der Waals surface area contributed by atoms with Crippen LogP contribution in [-0.2, 0) is 17.7 Å². The number of carboxylic acid groups (broad SMARTS) is 1. The second kappa shape index (κ2) is 6.39. The monoisotopic (exact) mass is 273 g/mol. The molecule has 0 aliphatic heterocycles. The van der Waals surface area contributed by atoms with Crippen molar-refractivity contribution in [3.8, 4) is 11.3 Å². The van der Waals surface area contributed by atoms with Gasteiger partial charge in [0.05, 0.1) is 6.61 Å². The molecule has 0 unspecified atom stereocenters. The molecule has 1 N–H and O–H groups in total. The van der Waals surface area contributed by atoms with Gasteiger partial charge in [-0.3, -0.25) is 0 Å². The van der Waals surface area contributed by atoms with E-state index in [4.69, 9.17) is 4.74 Å². The summed E-state index contributed by atoms with van der Waals surface area (Å²) < 4.78 is 6.96. The summed E-state index contributed by atoms with van der Waals surface area (Å²) >= 11 is 0. The minimum absolute atomic E-state index is 0.323. The Labute approximate surface area is 118 Å². The first kappa shape index (κ1) is 14.3. The Hall–Kier alpha value is -2.07. The van der Waals surface area contributed by atoms with E-state index >= 15 is 0 Å². The molecule has 0 spiro atoms. The van der Waals surface area contributed by atoms with E-state index < -0.39 is 5.97 Å². The average Bonchev–Trinajstić information content (AvgIpc) is 2.89. The van der Waals surface area contributed by atoms with Crippen molar-refractivity contribution in [1.82, 2.24) is 4.57 Å². The van der Waals surface area contributed by atoms with E-state index in [1.165, 1.54) is 5.56 Å². The van der Waals surface area contributed by atoms with Crippen LogP contribution in [-0.4, -0.2) is 29.4 Å². The molecule has 2 aromatic rings. The van der Waals surface area contributed by atoms with Gasteiger partial charge in [-0.05, 0) is 31.0 Å². The molecule has 0 saturated heterocycles. The predicted molar refractivity (Wildman–Crippen MR) is 78.1 cm³/mol. The Morgan fingerprint density at radius 3 is 2.65 bits per heavy atom. The van der Waals surface area contributed by atoms with Gasteiger partial charge >= 0.3 is 5.97 Å². The van der Waals surface area contributed by atoms with E-state index in [9.17, 15) is 9.90 Å². The first-order valence-electron chi connectivity index (χ1n) is 6.69. The standard InChI is InChI=1S/C16H19NO3/c1-3-17-14(8-9-15(17)16(18)19)13-7-5-4-6-12(13)10-11-20-2/h4-9H,3,10-11H2,1-2H3,(H,18,19). The summed E-state index contributed by atoms with van der Waals surface area (Å²) in [6.45, 7) is 3.23. The number of aromatic carboxylic acids is 1. The molecule has 20 heavy (non-hydrogen) atoms. The fraction of sp³-hybridized carbons (Fsp3) is 0.312. The van der Waals surface area contributed by atoms with E-state index in [0.29, 0.717) is 18.8 Å². The van der Waals surface area contributed by atoms with Crippen molar-refractivity contribution < 1.29 is 14.6 Å². The van der Waals surface area contributed by atoms with Crippen LogP contribution in [0.5, 0.6) is 0 Å². The highest BCUT2D eigenvalue weighted by molar-refractivity contribution is 5.87. The van der Waals surface area contributed by atoms with Gasteiger partial charge < -0.3 is 14.4 Å². The molecule has 0 radical (unpaired) electrons. The molecule has 0 fully saturated rings. The van der Waals surface area contributed by atoms with Gasteiger partial charge in [0, 0.05) is 24.9 Å². The number of rotatable bonds is 6. The highest BCUT2D eigenvalue weighted by atomic mass is 16.5. The molecule has 0 aliphatic carbocycles. The summed E-state index contributed by atoms with van der Waals surface area (Å²) in [4.78, 5) is 11.2. The molecule has 2 rings (SSSR count). The van der Waals surface area contributed by atoms with Crippen LogP contribution in [0.15, 0.2) is 36.4 Å². The Bertz CT molecular complexity index is 602. The number of carbonyl (C=O) groups is 1. The van der Waals surface area contributed by atoms with Crippen molar-refractivity contribution in [2.75, 3.05) is 13.7 Å². The molecule has 0 saturated carbocycles. The minimum atomic E-state index is -0.896. The molecular weight excluding hydrogens is 254 g/mol. The Balaban J connectivity index is 2.48. The Morgan fingerprint density at radius 2 is 2.00 bits per heavy atom. The normalized spacial score (nSPS) is 10.7. The number of carboxylic acids is 1. The molecule has 4 nitrogen and oxygen atoms in total. The van der Waals surface area contributed by atoms with Crippen molar-refractivity contribution in [2.24, 2.45) is 0 Å². The maximum atomic E-state index is 11.2. The summed E-state index contributed by atoms with van der Waals surface area (Å²) in [6.07, 6.45) is 0.809. The third-order valence-corrected chi connectivity index (χ3v) is 3.38. The van der Waals surface area contributed by atoms with Crippen molar-refractivity contribution in [1.29, 1.82) is 0 Å². The van der Waals surface area contributed by atoms with Gasteiger partial charge in [0.25, 0.3) is 0 Å².